The Hall–Kier alpha value is -0.820. The summed E-state index contributed by atoms with van der Waals surface area (Å²) >= 11 is 18.6. The van der Waals surface area contributed by atoms with Crippen molar-refractivity contribution in [1.82, 2.24) is 14.9 Å². The summed E-state index contributed by atoms with van der Waals surface area (Å²) in [4.78, 5) is 26.5. The van der Waals surface area contributed by atoms with E-state index >= 15 is 0 Å². The number of thiophene rings is 1. The molecule has 3 heterocycles. The summed E-state index contributed by atoms with van der Waals surface area (Å²) in [6, 6.07) is 2.09. The highest BCUT2D eigenvalue weighted by atomic mass is 35.6. The van der Waals surface area contributed by atoms with Crippen LogP contribution in [-0.2, 0) is 4.79 Å². The molecular formula is C13H13Cl3N4OS. The molecule has 118 valence electrons. The Morgan fingerprint density at radius 3 is 2.55 bits per heavy atom. The van der Waals surface area contributed by atoms with E-state index in [1.165, 1.54) is 4.88 Å². The van der Waals surface area contributed by atoms with Crippen molar-refractivity contribution in [3.05, 3.63) is 17.3 Å². The third kappa shape index (κ3) is 3.11. The maximum Gasteiger partial charge on any atom is 0.274 e. The zero-order valence-corrected chi connectivity index (χ0v) is 14.8. The number of aryl methyl sites for hydroxylation is 1. The van der Waals surface area contributed by atoms with E-state index in [-0.39, 0.29) is 0 Å². The van der Waals surface area contributed by atoms with Crippen molar-refractivity contribution in [1.29, 1.82) is 0 Å². The number of fused-ring (bicyclic) bond motifs is 1. The number of nitrogens with zero attached hydrogens (tertiary/aromatic N) is 4. The molecule has 0 spiro atoms. The van der Waals surface area contributed by atoms with Gasteiger partial charge in [-0.1, -0.05) is 34.8 Å². The summed E-state index contributed by atoms with van der Waals surface area (Å²) in [6.07, 6.45) is 1.58. The molecule has 0 saturated carbocycles. The quantitative estimate of drug-likeness (QED) is 0.715. The van der Waals surface area contributed by atoms with Gasteiger partial charge in [-0.15, -0.1) is 11.3 Å². The summed E-state index contributed by atoms with van der Waals surface area (Å²) < 4.78 is -1.89. The summed E-state index contributed by atoms with van der Waals surface area (Å²) in [6.45, 7) is 4.34. The van der Waals surface area contributed by atoms with E-state index in [4.69, 9.17) is 34.8 Å². The molecule has 0 aromatic carbocycles. The summed E-state index contributed by atoms with van der Waals surface area (Å²) in [5.41, 5.74) is 0. The second-order valence-corrected chi connectivity index (χ2v) is 8.57. The zero-order chi connectivity index (χ0) is 15.9. The topological polar surface area (TPSA) is 49.3 Å². The average molecular weight is 380 g/mol. The van der Waals surface area contributed by atoms with Crippen LogP contribution in [0.5, 0.6) is 0 Å². The van der Waals surface area contributed by atoms with E-state index in [9.17, 15) is 4.79 Å². The van der Waals surface area contributed by atoms with Crippen molar-refractivity contribution in [3.63, 3.8) is 0 Å². The molecule has 3 rings (SSSR count). The Labute approximate surface area is 146 Å². The van der Waals surface area contributed by atoms with Crippen LogP contribution < -0.4 is 4.90 Å². The van der Waals surface area contributed by atoms with E-state index in [1.807, 2.05) is 6.92 Å². The van der Waals surface area contributed by atoms with Gasteiger partial charge in [-0.3, -0.25) is 4.79 Å². The minimum atomic E-state index is -1.89. The number of piperazine rings is 1. The van der Waals surface area contributed by atoms with Crippen LogP contribution in [0.15, 0.2) is 12.4 Å². The number of amides is 1. The first-order chi connectivity index (χ1) is 10.4. The molecule has 0 radical (unpaired) electrons. The Kier molecular flexibility index (Phi) is 4.38. The van der Waals surface area contributed by atoms with Crippen LogP contribution in [-0.4, -0.2) is 50.7 Å². The molecule has 22 heavy (non-hydrogen) atoms. The van der Waals surface area contributed by atoms with Gasteiger partial charge in [0.25, 0.3) is 9.70 Å². The lowest BCUT2D eigenvalue weighted by molar-refractivity contribution is -0.130. The molecule has 9 heteroatoms. The first kappa shape index (κ1) is 16.1. The number of hydrogen-bond donors (Lipinski definition) is 0. The van der Waals surface area contributed by atoms with Gasteiger partial charge in [0, 0.05) is 31.1 Å². The van der Waals surface area contributed by atoms with Gasteiger partial charge in [-0.25, -0.2) is 9.97 Å². The lowest BCUT2D eigenvalue weighted by atomic mass is 10.2. The number of carbonyl (C=O) groups is 1. The number of aromatic nitrogens is 2. The highest BCUT2D eigenvalue weighted by Crippen LogP contribution is 2.32. The van der Waals surface area contributed by atoms with Crippen LogP contribution in [0.1, 0.15) is 4.88 Å². The fraction of sp³-hybridized carbons (Fsp3) is 0.462. The van der Waals surface area contributed by atoms with Gasteiger partial charge >= 0.3 is 0 Å². The van der Waals surface area contributed by atoms with Crippen LogP contribution >= 0.6 is 46.1 Å². The first-order valence-electron chi connectivity index (χ1n) is 6.68. The number of carbonyl (C=O) groups excluding carboxylic acids is 1. The molecule has 1 fully saturated rings. The van der Waals surface area contributed by atoms with E-state index in [0.717, 1.165) is 16.0 Å². The predicted octanol–water partition coefficient (Wildman–Crippen LogP) is 3.02. The summed E-state index contributed by atoms with van der Waals surface area (Å²) in [5.74, 6) is 0.423. The number of hydrogen-bond acceptors (Lipinski definition) is 5. The molecule has 1 aliphatic rings. The normalized spacial score (nSPS) is 16.4. The third-order valence-corrected chi connectivity index (χ3v) is 4.98. The zero-order valence-electron chi connectivity index (χ0n) is 11.7. The van der Waals surface area contributed by atoms with Crippen LogP contribution in [0.3, 0.4) is 0 Å². The molecule has 1 aliphatic heterocycles. The van der Waals surface area contributed by atoms with Gasteiger partial charge in [-0.05, 0) is 13.0 Å². The Morgan fingerprint density at radius 2 is 1.91 bits per heavy atom. The standard InChI is InChI=1S/C13H13Cl3N4OS/c1-8-6-9-10(17-7-18-11(9)22-8)19-2-4-20(5-3-19)12(21)13(14,15)16/h6-7H,2-5H2,1H3. The van der Waals surface area contributed by atoms with Gasteiger partial charge in [0.15, 0.2) is 0 Å². The monoisotopic (exact) mass is 378 g/mol. The molecule has 0 atom stereocenters. The van der Waals surface area contributed by atoms with Crippen molar-refractivity contribution in [2.45, 2.75) is 10.7 Å². The van der Waals surface area contributed by atoms with Crippen molar-refractivity contribution < 1.29 is 4.79 Å². The van der Waals surface area contributed by atoms with E-state index in [2.05, 4.69) is 20.9 Å². The number of rotatable bonds is 1. The largest absolute Gasteiger partial charge is 0.352 e. The lowest BCUT2D eigenvalue weighted by Crippen LogP contribution is -2.52. The maximum atomic E-state index is 12.0. The molecule has 1 amide bonds. The molecular weight excluding hydrogens is 367 g/mol. The van der Waals surface area contributed by atoms with Crippen molar-refractivity contribution in [2.24, 2.45) is 0 Å². The molecule has 0 aliphatic carbocycles. The molecule has 1 saturated heterocycles. The van der Waals surface area contributed by atoms with Crippen LogP contribution in [0.25, 0.3) is 10.2 Å². The number of alkyl halides is 3. The van der Waals surface area contributed by atoms with Gasteiger partial charge in [0.2, 0.25) is 0 Å². The minimum absolute atomic E-state index is 0.476. The SMILES string of the molecule is Cc1cc2c(N3CCN(C(=O)C(Cl)(Cl)Cl)CC3)ncnc2s1. The molecule has 0 bridgehead atoms. The first-order valence-corrected chi connectivity index (χ1v) is 8.63. The van der Waals surface area contributed by atoms with Crippen molar-refractivity contribution >= 4 is 68.1 Å². The highest BCUT2D eigenvalue weighted by Gasteiger charge is 2.36. The van der Waals surface area contributed by atoms with E-state index in [1.54, 1.807) is 22.6 Å². The van der Waals surface area contributed by atoms with Gasteiger partial charge in [0.05, 0.1) is 5.39 Å². The summed E-state index contributed by atoms with van der Waals surface area (Å²) in [7, 11) is 0. The van der Waals surface area contributed by atoms with Crippen LogP contribution in [0, 0.1) is 6.92 Å². The van der Waals surface area contributed by atoms with Crippen LogP contribution in [0.4, 0.5) is 5.82 Å². The smallest absolute Gasteiger partial charge is 0.274 e. The van der Waals surface area contributed by atoms with Crippen LogP contribution in [0.2, 0.25) is 0 Å². The highest BCUT2D eigenvalue weighted by molar-refractivity contribution is 7.18. The molecule has 2 aromatic heterocycles. The molecule has 0 N–H and O–H groups in total. The van der Waals surface area contributed by atoms with Gasteiger partial charge < -0.3 is 9.80 Å². The summed E-state index contributed by atoms with van der Waals surface area (Å²) in [5, 5.41) is 1.05. The van der Waals surface area contributed by atoms with Crippen molar-refractivity contribution in [3.8, 4) is 0 Å². The van der Waals surface area contributed by atoms with Gasteiger partial charge in [-0.2, -0.15) is 0 Å². The number of anilines is 1. The molecule has 0 unspecified atom stereocenters. The maximum absolute atomic E-state index is 12.0. The minimum Gasteiger partial charge on any atom is -0.352 e. The Balaban J connectivity index is 1.77. The second kappa shape index (κ2) is 6.00. The van der Waals surface area contributed by atoms with Crippen molar-refractivity contribution in [2.75, 3.05) is 31.1 Å². The average Bonchev–Trinajstić information content (AvgIpc) is 2.85. The third-order valence-electron chi connectivity index (χ3n) is 3.54. The second-order valence-electron chi connectivity index (χ2n) is 5.05. The van der Waals surface area contributed by atoms with E-state index in [0.29, 0.717) is 26.2 Å². The van der Waals surface area contributed by atoms with Gasteiger partial charge in [0.1, 0.15) is 17.0 Å². The fourth-order valence-electron chi connectivity index (χ4n) is 2.52. The Bertz CT molecular complexity index is 707. The van der Waals surface area contributed by atoms with E-state index < -0.39 is 9.70 Å². The lowest BCUT2D eigenvalue weighted by Gasteiger charge is -2.36. The predicted molar refractivity (Wildman–Crippen MR) is 91.2 cm³/mol. The fourth-order valence-corrected chi connectivity index (χ4v) is 3.72. The number of halogens is 3. The molecule has 5 nitrogen and oxygen atoms in total. The molecule has 2 aromatic rings. The Morgan fingerprint density at radius 1 is 1.23 bits per heavy atom.